The van der Waals surface area contributed by atoms with E-state index in [0.717, 1.165) is 12.1 Å². The Labute approximate surface area is 151 Å². The lowest BCUT2D eigenvalue weighted by Gasteiger charge is -2.40. The number of halogens is 5. The van der Waals surface area contributed by atoms with Crippen LogP contribution in [0.3, 0.4) is 0 Å². The van der Waals surface area contributed by atoms with E-state index in [9.17, 15) is 19.4 Å². The van der Waals surface area contributed by atoms with E-state index in [1.807, 2.05) is 0 Å². The Morgan fingerprint density at radius 1 is 1.07 bits per heavy atom. The van der Waals surface area contributed by atoms with E-state index in [1.165, 1.54) is 4.52 Å². The summed E-state index contributed by atoms with van der Waals surface area (Å²) < 4.78 is 70.4. The third-order valence-corrected chi connectivity index (χ3v) is 4.75. The highest BCUT2D eigenvalue weighted by Gasteiger charge is 2.65. The van der Waals surface area contributed by atoms with Crippen LogP contribution in [0.15, 0.2) is 35.2 Å². The van der Waals surface area contributed by atoms with Gasteiger partial charge in [-0.05, 0) is 31.2 Å². The summed E-state index contributed by atoms with van der Waals surface area (Å²) in [6.45, 7) is 2.13. The van der Waals surface area contributed by atoms with Crippen molar-refractivity contribution < 1.29 is 24.2 Å². The summed E-state index contributed by atoms with van der Waals surface area (Å²) in [5.41, 5.74) is 0.778. The number of aryl methyl sites for hydroxylation is 1. The van der Waals surface area contributed by atoms with Gasteiger partial charge in [-0.3, -0.25) is 0 Å². The highest BCUT2D eigenvalue weighted by Crippen LogP contribution is 3.02. The Hall–Kier alpha value is -2.47. The molecular formula is C15H16F5N5OS. The summed E-state index contributed by atoms with van der Waals surface area (Å²) in [6.07, 6.45) is 0.455. The second-order valence-electron chi connectivity index (χ2n) is 5.88. The SMILES string of the molecule is COCCc1nc2nc(C)cc(Nc3ccc(S(F)(F)(F)(F)F)cc3)n2n1. The van der Waals surface area contributed by atoms with Gasteiger partial charge in [-0.2, -0.15) is 9.50 Å². The summed E-state index contributed by atoms with van der Waals surface area (Å²) in [6, 6.07) is 4.16. The molecule has 0 aliphatic carbocycles. The first-order valence-corrected chi connectivity index (χ1v) is 9.64. The molecule has 1 N–H and O–H groups in total. The summed E-state index contributed by atoms with van der Waals surface area (Å²) in [7, 11) is -8.15. The van der Waals surface area contributed by atoms with E-state index in [0.29, 0.717) is 48.3 Å². The van der Waals surface area contributed by atoms with Crippen molar-refractivity contribution in [3.05, 3.63) is 41.9 Å². The van der Waals surface area contributed by atoms with Gasteiger partial charge in [0.2, 0.25) is 0 Å². The molecule has 12 heteroatoms. The molecule has 1 aromatic carbocycles. The fraction of sp³-hybridized carbons (Fsp3) is 0.267. The predicted molar refractivity (Wildman–Crippen MR) is 92.2 cm³/mol. The van der Waals surface area contributed by atoms with Crippen LogP contribution in [0.2, 0.25) is 0 Å². The van der Waals surface area contributed by atoms with Crippen molar-refractivity contribution in [1.29, 1.82) is 0 Å². The highest BCUT2D eigenvalue weighted by atomic mass is 32.5. The van der Waals surface area contributed by atoms with Gasteiger partial charge < -0.3 is 10.1 Å². The van der Waals surface area contributed by atoms with E-state index >= 15 is 0 Å². The molecule has 0 aliphatic heterocycles. The topological polar surface area (TPSA) is 64.3 Å². The van der Waals surface area contributed by atoms with Crippen LogP contribution in [-0.2, 0) is 11.2 Å². The monoisotopic (exact) mass is 409 g/mol. The van der Waals surface area contributed by atoms with Crippen LogP contribution >= 0.6 is 10.2 Å². The molecule has 0 radical (unpaired) electrons. The molecule has 0 bridgehead atoms. The summed E-state index contributed by atoms with van der Waals surface area (Å²) in [4.78, 5) is 6.55. The zero-order valence-electron chi connectivity index (χ0n) is 14.3. The quantitative estimate of drug-likeness (QED) is 0.579. The van der Waals surface area contributed by atoms with Gasteiger partial charge in [0.1, 0.15) is 10.7 Å². The Morgan fingerprint density at radius 2 is 1.74 bits per heavy atom. The summed E-state index contributed by atoms with van der Waals surface area (Å²) >= 11 is 0. The maximum atomic E-state index is 12.8. The molecule has 148 valence electrons. The fourth-order valence-electron chi connectivity index (χ4n) is 2.36. The van der Waals surface area contributed by atoms with Crippen molar-refractivity contribution in [3.63, 3.8) is 0 Å². The Morgan fingerprint density at radius 3 is 2.33 bits per heavy atom. The maximum absolute atomic E-state index is 12.8. The smallest absolute Gasteiger partial charge is 0.310 e. The van der Waals surface area contributed by atoms with Crippen LogP contribution in [0.5, 0.6) is 0 Å². The molecular weight excluding hydrogens is 393 g/mol. The van der Waals surface area contributed by atoms with Crippen LogP contribution in [0.4, 0.5) is 30.9 Å². The largest absolute Gasteiger partial charge is 0.384 e. The van der Waals surface area contributed by atoms with Crippen LogP contribution in [-0.4, -0.2) is 33.3 Å². The Bertz CT molecular complexity index is 989. The predicted octanol–water partition coefficient (Wildman–Crippen LogP) is 5.02. The maximum Gasteiger partial charge on any atom is 0.310 e. The number of anilines is 2. The summed E-state index contributed by atoms with van der Waals surface area (Å²) in [5, 5.41) is 7.12. The van der Waals surface area contributed by atoms with Crippen molar-refractivity contribution in [2.45, 2.75) is 18.2 Å². The average Bonchev–Trinajstić information content (AvgIpc) is 2.94. The average molecular weight is 409 g/mol. The number of nitrogens with zero attached hydrogens (tertiary/aromatic N) is 4. The highest BCUT2D eigenvalue weighted by molar-refractivity contribution is 8.45. The van der Waals surface area contributed by atoms with Gasteiger partial charge in [0.15, 0.2) is 5.82 Å². The minimum Gasteiger partial charge on any atom is -0.384 e. The first-order chi connectivity index (χ1) is 12.4. The molecule has 27 heavy (non-hydrogen) atoms. The van der Waals surface area contributed by atoms with E-state index in [-0.39, 0.29) is 5.69 Å². The minimum atomic E-state index is -9.70. The number of nitrogens with one attached hydrogen (secondary N) is 1. The Kier molecular flexibility index (Phi) is 4.12. The van der Waals surface area contributed by atoms with Gasteiger partial charge >= 0.3 is 10.2 Å². The number of ether oxygens (including phenoxy) is 1. The number of rotatable bonds is 6. The standard InChI is InChI=1S/C15H16F5N5OS/c1-10-9-14(25-15(21-10)23-13(24-25)7-8-26-2)22-11-3-5-12(6-4-11)27(16,17,18,19)20/h3-6,9,22H,7-8H2,1-2H3. The molecule has 0 atom stereocenters. The zero-order chi connectivity index (χ0) is 19.9. The fourth-order valence-corrected chi connectivity index (χ4v) is 3.01. The third-order valence-electron chi connectivity index (χ3n) is 3.59. The van der Waals surface area contributed by atoms with Gasteiger partial charge in [-0.15, -0.1) is 5.10 Å². The van der Waals surface area contributed by atoms with Crippen molar-refractivity contribution in [1.82, 2.24) is 19.6 Å². The van der Waals surface area contributed by atoms with Gasteiger partial charge in [0.05, 0.1) is 6.61 Å². The molecule has 0 saturated carbocycles. The molecule has 0 unspecified atom stereocenters. The molecule has 0 aliphatic rings. The van der Waals surface area contributed by atoms with Crippen molar-refractivity contribution in [2.75, 3.05) is 19.0 Å². The number of benzene rings is 1. The molecule has 0 saturated heterocycles. The summed E-state index contributed by atoms with van der Waals surface area (Å²) in [5.74, 6) is 1.16. The number of methoxy groups -OCH3 is 1. The normalized spacial score (nSPS) is 14.8. The zero-order valence-corrected chi connectivity index (χ0v) is 15.1. The number of fused-ring (bicyclic) bond motifs is 1. The van der Waals surface area contributed by atoms with Crippen molar-refractivity contribution >= 4 is 27.5 Å². The van der Waals surface area contributed by atoms with E-state index < -0.39 is 15.1 Å². The lowest BCUT2D eigenvalue weighted by atomic mass is 10.3. The molecule has 0 amide bonds. The molecule has 2 heterocycles. The number of aromatic nitrogens is 4. The lowest BCUT2D eigenvalue weighted by molar-refractivity contribution is 0.200. The molecule has 3 aromatic rings. The van der Waals surface area contributed by atoms with Crippen LogP contribution in [0.1, 0.15) is 11.5 Å². The molecule has 6 nitrogen and oxygen atoms in total. The van der Waals surface area contributed by atoms with E-state index in [1.54, 1.807) is 20.1 Å². The van der Waals surface area contributed by atoms with E-state index in [2.05, 4.69) is 20.4 Å². The lowest BCUT2D eigenvalue weighted by Crippen LogP contribution is -2.06. The minimum absolute atomic E-state index is 0.182. The second kappa shape index (κ2) is 5.76. The van der Waals surface area contributed by atoms with Gasteiger partial charge in [-0.1, -0.05) is 19.4 Å². The number of hydrogen-bond acceptors (Lipinski definition) is 5. The molecule has 2 aromatic heterocycles. The molecule has 0 fully saturated rings. The molecule has 3 rings (SSSR count). The molecule has 0 spiro atoms. The van der Waals surface area contributed by atoms with Gasteiger partial charge in [0.25, 0.3) is 5.78 Å². The van der Waals surface area contributed by atoms with Crippen LogP contribution in [0, 0.1) is 6.92 Å². The first kappa shape index (κ1) is 19.3. The van der Waals surface area contributed by atoms with Crippen LogP contribution in [0.25, 0.3) is 5.78 Å². The second-order valence-corrected chi connectivity index (χ2v) is 8.29. The van der Waals surface area contributed by atoms with Gasteiger partial charge in [0, 0.05) is 31.0 Å². The van der Waals surface area contributed by atoms with Gasteiger partial charge in [-0.25, -0.2) is 4.98 Å². The van der Waals surface area contributed by atoms with Crippen LogP contribution < -0.4 is 5.32 Å². The van der Waals surface area contributed by atoms with E-state index in [4.69, 9.17) is 4.74 Å². The first-order valence-electron chi connectivity index (χ1n) is 7.69. The Balaban J connectivity index is 1.93. The third kappa shape index (κ3) is 4.45. The van der Waals surface area contributed by atoms with Crippen molar-refractivity contribution in [2.24, 2.45) is 0 Å². The van der Waals surface area contributed by atoms with Crippen molar-refractivity contribution in [3.8, 4) is 0 Å². The number of hydrogen-bond donors (Lipinski definition) is 1.